The van der Waals surface area contributed by atoms with Crippen LogP contribution in [0.2, 0.25) is 5.02 Å². The van der Waals surface area contributed by atoms with Crippen LogP contribution in [0.4, 0.5) is 17.1 Å². The smallest absolute Gasteiger partial charge is 0.248 e. The van der Waals surface area contributed by atoms with E-state index in [1.807, 2.05) is 50.2 Å². The second kappa shape index (κ2) is 11.8. The molecule has 2 amide bonds. The van der Waals surface area contributed by atoms with E-state index in [4.69, 9.17) is 17.3 Å². The van der Waals surface area contributed by atoms with Crippen LogP contribution in [0, 0.1) is 5.92 Å². The Morgan fingerprint density at radius 1 is 1.03 bits per heavy atom. The van der Waals surface area contributed by atoms with Gasteiger partial charge in [-0.1, -0.05) is 48.0 Å². The number of likely N-dealkylation sites (tertiary alicyclic amines) is 1. The molecule has 0 aliphatic carbocycles. The van der Waals surface area contributed by atoms with Gasteiger partial charge in [0.05, 0.1) is 23.9 Å². The molecule has 4 rings (SSSR count). The van der Waals surface area contributed by atoms with E-state index in [9.17, 15) is 14.7 Å². The first kappa shape index (κ1) is 27.4. The number of para-hydroxylation sites is 2. The van der Waals surface area contributed by atoms with Crippen molar-refractivity contribution in [2.45, 2.75) is 25.3 Å². The standard InChI is InChI=1S/C30H33ClN4O3/c1-30(2,19-36)35-17-24(25(18-35)29(38)33-23-14-12-22(31)13-15-23)21-10-7-20(8-11-21)9-16-28(37)34-27-6-4-3-5-26(27)32/h3-16,24-25,36H,17-19,32H2,1-2H3,(H,33,38)(H,34,37)/b16-9+. The van der Waals surface area contributed by atoms with Crippen LogP contribution < -0.4 is 16.4 Å². The Kier molecular flexibility index (Phi) is 8.52. The summed E-state index contributed by atoms with van der Waals surface area (Å²) in [6.07, 6.45) is 3.20. The van der Waals surface area contributed by atoms with E-state index >= 15 is 0 Å². The molecule has 1 aliphatic heterocycles. The highest BCUT2D eigenvalue weighted by Crippen LogP contribution is 2.37. The Morgan fingerprint density at radius 2 is 1.71 bits per heavy atom. The number of aliphatic hydroxyl groups excluding tert-OH is 1. The van der Waals surface area contributed by atoms with Gasteiger partial charge in [0, 0.05) is 41.3 Å². The molecule has 198 valence electrons. The number of halogens is 1. The number of hydrogen-bond donors (Lipinski definition) is 4. The van der Waals surface area contributed by atoms with Gasteiger partial charge in [0.25, 0.3) is 0 Å². The highest BCUT2D eigenvalue weighted by Gasteiger charge is 2.43. The lowest BCUT2D eigenvalue weighted by Gasteiger charge is -2.33. The average Bonchev–Trinajstić information content (AvgIpc) is 3.37. The van der Waals surface area contributed by atoms with Gasteiger partial charge in [-0.2, -0.15) is 0 Å². The van der Waals surface area contributed by atoms with Crippen LogP contribution in [-0.4, -0.2) is 47.1 Å². The summed E-state index contributed by atoms with van der Waals surface area (Å²) in [6, 6.07) is 22.0. The zero-order valence-electron chi connectivity index (χ0n) is 21.5. The molecular weight excluding hydrogens is 500 g/mol. The molecule has 1 aliphatic rings. The number of nitrogens with one attached hydrogen (secondary N) is 2. The van der Waals surface area contributed by atoms with E-state index in [1.54, 1.807) is 42.5 Å². The fourth-order valence-corrected chi connectivity index (χ4v) is 4.71. The van der Waals surface area contributed by atoms with Gasteiger partial charge in [0.1, 0.15) is 0 Å². The molecule has 0 radical (unpaired) electrons. The van der Waals surface area contributed by atoms with Crippen molar-refractivity contribution in [1.82, 2.24) is 4.90 Å². The molecule has 3 aromatic rings. The summed E-state index contributed by atoms with van der Waals surface area (Å²) >= 11 is 5.98. The van der Waals surface area contributed by atoms with Crippen LogP contribution in [-0.2, 0) is 9.59 Å². The van der Waals surface area contributed by atoms with Crippen molar-refractivity contribution in [3.8, 4) is 0 Å². The van der Waals surface area contributed by atoms with E-state index < -0.39 is 5.54 Å². The summed E-state index contributed by atoms with van der Waals surface area (Å²) in [5.74, 6) is -0.714. The fourth-order valence-electron chi connectivity index (χ4n) is 4.58. The predicted molar refractivity (Wildman–Crippen MR) is 154 cm³/mol. The predicted octanol–water partition coefficient (Wildman–Crippen LogP) is 5.00. The maximum atomic E-state index is 13.4. The number of carbonyl (C=O) groups is 2. The zero-order chi connectivity index (χ0) is 27.3. The molecule has 1 heterocycles. The van der Waals surface area contributed by atoms with Crippen LogP contribution in [0.5, 0.6) is 0 Å². The highest BCUT2D eigenvalue weighted by molar-refractivity contribution is 6.30. The number of anilines is 3. The minimum absolute atomic E-state index is 0.00826. The van der Waals surface area contributed by atoms with Crippen LogP contribution in [0.25, 0.3) is 6.08 Å². The van der Waals surface area contributed by atoms with Crippen LogP contribution in [0.1, 0.15) is 30.9 Å². The SMILES string of the molecule is CC(C)(CO)N1CC(C(=O)Nc2ccc(Cl)cc2)C(c2ccc(/C=C/C(=O)Nc3ccccc3N)cc2)C1. The number of nitrogens with two attached hydrogens (primary N) is 1. The Bertz CT molecular complexity index is 1310. The third-order valence-electron chi connectivity index (χ3n) is 7.02. The Morgan fingerprint density at radius 3 is 2.37 bits per heavy atom. The Balaban J connectivity index is 1.48. The van der Waals surface area contributed by atoms with E-state index in [1.165, 1.54) is 6.08 Å². The number of benzene rings is 3. The third-order valence-corrected chi connectivity index (χ3v) is 7.27. The number of rotatable bonds is 8. The number of carbonyl (C=O) groups excluding carboxylic acids is 2. The van der Waals surface area contributed by atoms with Gasteiger partial charge >= 0.3 is 0 Å². The molecule has 1 fully saturated rings. The molecule has 2 atom stereocenters. The normalized spacial score (nSPS) is 18.0. The summed E-state index contributed by atoms with van der Waals surface area (Å²) in [7, 11) is 0. The minimum Gasteiger partial charge on any atom is -0.397 e. The Hall–Kier alpha value is -3.65. The van der Waals surface area contributed by atoms with Crippen molar-refractivity contribution >= 4 is 46.6 Å². The maximum absolute atomic E-state index is 13.4. The minimum atomic E-state index is -0.453. The van der Waals surface area contributed by atoms with Gasteiger partial charge in [-0.25, -0.2) is 0 Å². The maximum Gasteiger partial charge on any atom is 0.248 e. The fraction of sp³-hybridized carbons (Fsp3) is 0.267. The number of hydrogen-bond acceptors (Lipinski definition) is 5. The lowest BCUT2D eigenvalue weighted by atomic mass is 9.88. The van der Waals surface area contributed by atoms with E-state index in [-0.39, 0.29) is 30.3 Å². The summed E-state index contributed by atoms with van der Waals surface area (Å²) in [5, 5.41) is 16.3. The van der Waals surface area contributed by atoms with E-state index in [2.05, 4.69) is 15.5 Å². The van der Waals surface area contributed by atoms with Crippen molar-refractivity contribution in [3.05, 3.63) is 95.0 Å². The summed E-state index contributed by atoms with van der Waals surface area (Å²) < 4.78 is 0. The first-order valence-electron chi connectivity index (χ1n) is 12.5. The molecule has 0 aromatic heterocycles. The highest BCUT2D eigenvalue weighted by atomic mass is 35.5. The molecule has 2 unspecified atom stereocenters. The van der Waals surface area contributed by atoms with Crippen molar-refractivity contribution < 1.29 is 14.7 Å². The second-order valence-corrected chi connectivity index (χ2v) is 10.6. The van der Waals surface area contributed by atoms with Crippen LogP contribution in [0.3, 0.4) is 0 Å². The topological polar surface area (TPSA) is 108 Å². The number of nitrogens with zero attached hydrogens (tertiary/aromatic N) is 1. The van der Waals surface area contributed by atoms with Gasteiger partial charge < -0.3 is 21.5 Å². The number of amides is 2. The second-order valence-electron chi connectivity index (χ2n) is 10.2. The molecular formula is C30H33ClN4O3. The van der Waals surface area contributed by atoms with Crippen LogP contribution >= 0.6 is 11.6 Å². The van der Waals surface area contributed by atoms with Crippen LogP contribution in [0.15, 0.2) is 78.9 Å². The summed E-state index contributed by atoms with van der Waals surface area (Å²) in [4.78, 5) is 27.9. The Labute approximate surface area is 228 Å². The molecule has 1 saturated heterocycles. The van der Waals surface area contributed by atoms with Gasteiger partial charge in [-0.3, -0.25) is 14.5 Å². The summed E-state index contributed by atoms with van der Waals surface area (Å²) in [6.45, 7) is 5.12. The van der Waals surface area contributed by atoms with Crippen molar-refractivity contribution in [1.29, 1.82) is 0 Å². The van der Waals surface area contributed by atoms with Gasteiger partial charge in [-0.05, 0) is 67.4 Å². The van der Waals surface area contributed by atoms with Gasteiger partial charge in [0.15, 0.2) is 0 Å². The zero-order valence-corrected chi connectivity index (χ0v) is 22.3. The molecule has 38 heavy (non-hydrogen) atoms. The largest absolute Gasteiger partial charge is 0.397 e. The van der Waals surface area contributed by atoms with E-state index in [0.717, 1.165) is 11.1 Å². The molecule has 5 N–H and O–H groups in total. The molecule has 8 heteroatoms. The lowest BCUT2D eigenvalue weighted by molar-refractivity contribution is -0.120. The molecule has 0 spiro atoms. The molecule has 3 aromatic carbocycles. The molecule has 0 bridgehead atoms. The summed E-state index contributed by atoms with van der Waals surface area (Å²) in [5.41, 5.74) is 9.08. The first-order chi connectivity index (χ1) is 18.2. The van der Waals surface area contributed by atoms with Crippen molar-refractivity contribution in [2.24, 2.45) is 5.92 Å². The quantitative estimate of drug-likeness (QED) is 0.241. The van der Waals surface area contributed by atoms with Crippen molar-refractivity contribution in [3.63, 3.8) is 0 Å². The monoisotopic (exact) mass is 532 g/mol. The molecule has 7 nitrogen and oxygen atoms in total. The van der Waals surface area contributed by atoms with Gasteiger partial charge in [0.2, 0.25) is 11.8 Å². The molecule has 0 saturated carbocycles. The van der Waals surface area contributed by atoms with E-state index in [0.29, 0.717) is 35.2 Å². The van der Waals surface area contributed by atoms with Gasteiger partial charge in [-0.15, -0.1) is 0 Å². The third kappa shape index (κ3) is 6.61. The first-order valence-corrected chi connectivity index (χ1v) is 12.9. The number of aliphatic hydroxyl groups is 1. The lowest BCUT2D eigenvalue weighted by Crippen LogP contribution is -2.46. The number of nitrogen functional groups attached to an aromatic ring is 1. The van der Waals surface area contributed by atoms with Crippen molar-refractivity contribution in [2.75, 3.05) is 36.1 Å². The average molecular weight is 533 g/mol.